The van der Waals surface area contributed by atoms with E-state index in [1.54, 1.807) is 12.1 Å². The number of aryl methyl sites for hydroxylation is 2. The first-order chi connectivity index (χ1) is 16.6. The van der Waals surface area contributed by atoms with Gasteiger partial charge in [-0.25, -0.2) is 0 Å². The van der Waals surface area contributed by atoms with Gasteiger partial charge in [0, 0.05) is 18.2 Å². The summed E-state index contributed by atoms with van der Waals surface area (Å²) in [6, 6.07) is 15.3. The average Bonchev–Trinajstić information content (AvgIpc) is 3.02. The number of aromatic hydroxyl groups is 1. The molecule has 7 heteroatoms. The van der Waals surface area contributed by atoms with Crippen molar-refractivity contribution in [2.24, 2.45) is 0 Å². The lowest BCUT2D eigenvalue weighted by Gasteiger charge is -2.20. The lowest BCUT2D eigenvalue weighted by atomic mass is 9.85. The molecular formula is C28H27NO6. The molecule has 0 bridgehead atoms. The molecular weight excluding hydrogens is 446 g/mol. The largest absolute Gasteiger partial charge is 0.502 e. The van der Waals surface area contributed by atoms with Gasteiger partial charge in [-0.2, -0.15) is 0 Å². The zero-order chi connectivity index (χ0) is 25.4. The predicted molar refractivity (Wildman–Crippen MR) is 133 cm³/mol. The number of hydrogen-bond acceptors (Lipinski definition) is 6. The second kappa shape index (κ2) is 9.35. The number of nitrogens with zero attached hydrogens (tertiary/aromatic N) is 1. The topological polar surface area (TPSA) is 114 Å². The lowest BCUT2D eigenvalue weighted by Crippen LogP contribution is -2.11. The molecule has 0 radical (unpaired) electrons. The van der Waals surface area contributed by atoms with Crippen molar-refractivity contribution in [3.63, 3.8) is 0 Å². The summed E-state index contributed by atoms with van der Waals surface area (Å²) in [5.41, 5.74) is 5.48. The minimum absolute atomic E-state index is 0.00446. The SMILES string of the molecule is Cc1cc(C(c2cccc([N+](=O)[O-])c2)c2oc(CO)cc(=O)c2O)c2c(C)ccc(C(C)C)cc1-2. The fraction of sp³-hybridized carbons (Fsp3) is 0.250. The summed E-state index contributed by atoms with van der Waals surface area (Å²) >= 11 is 0. The molecule has 0 spiro atoms. The molecule has 1 heterocycles. The van der Waals surface area contributed by atoms with Crippen LogP contribution in [0.15, 0.2) is 63.8 Å². The molecule has 7 nitrogen and oxygen atoms in total. The van der Waals surface area contributed by atoms with E-state index in [0.29, 0.717) is 11.5 Å². The number of nitro groups is 1. The third-order valence-electron chi connectivity index (χ3n) is 6.40. The second-order valence-corrected chi connectivity index (χ2v) is 9.12. The first kappa shape index (κ1) is 24.2. The van der Waals surface area contributed by atoms with E-state index < -0.39 is 28.6 Å². The molecule has 0 aliphatic heterocycles. The Balaban J connectivity index is 2.09. The third-order valence-corrected chi connectivity index (χ3v) is 6.40. The van der Waals surface area contributed by atoms with Crippen LogP contribution in [-0.2, 0) is 6.61 Å². The smallest absolute Gasteiger partial charge is 0.269 e. The first-order valence-electron chi connectivity index (χ1n) is 11.4. The van der Waals surface area contributed by atoms with Crippen molar-refractivity contribution in [2.45, 2.75) is 46.1 Å². The highest BCUT2D eigenvalue weighted by Crippen LogP contribution is 2.46. The van der Waals surface area contributed by atoms with Gasteiger partial charge in [-0.1, -0.05) is 50.2 Å². The number of fused-ring (bicyclic) bond motifs is 1. The molecule has 0 saturated carbocycles. The number of aliphatic hydroxyl groups excluding tert-OH is 1. The van der Waals surface area contributed by atoms with Crippen LogP contribution in [0.1, 0.15) is 65.0 Å². The Kier molecular flexibility index (Phi) is 6.45. The van der Waals surface area contributed by atoms with Gasteiger partial charge in [0.15, 0.2) is 5.76 Å². The zero-order valence-electron chi connectivity index (χ0n) is 20.0. The van der Waals surface area contributed by atoms with Crippen molar-refractivity contribution >= 4 is 5.69 Å². The number of hydrogen-bond donors (Lipinski definition) is 2. The van der Waals surface area contributed by atoms with Crippen molar-refractivity contribution in [1.29, 1.82) is 0 Å². The van der Waals surface area contributed by atoms with Gasteiger partial charge in [0.2, 0.25) is 11.2 Å². The molecule has 4 rings (SSSR count). The van der Waals surface area contributed by atoms with E-state index in [-0.39, 0.29) is 17.2 Å². The summed E-state index contributed by atoms with van der Waals surface area (Å²) in [7, 11) is 0. The van der Waals surface area contributed by atoms with Gasteiger partial charge in [-0.15, -0.1) is 0 Å². The summed E-state index contributed by atoms with van der Waals surface area (Å²) < 4.78 is 5.82. The van der Waals surface area contributed by atoms with E-state index in [0.717, 1.165) is 39.4 Å². The summed E-state index contributed by atoms with van der Waals surface area (Å²) in [6.45, 7) is 7.68. The van der Waals surface area contributed by atoms with Gasteiger partial charge in [-0.05, 0) is 58.7 Å². The Bertz CT molecular complexity index is 1450. The molecule has 1 atom stereocenters. The molecule has 2 aromatic rings. The maximum Gasteiger partial charge on any atom is 0.269 e. The van der Waals surface area contributed by atoms with E-state index >= 15 is 0 Å². The van der Waals surface area contributed by atoms with Crippen LogP contribution in [0.3, 0.4) is 0 Å². The van der Waals surface area contributed by atoms with E-state index in [2.05, 4.69) is 26.0 Å². The molecule has 2 aliphatic carbocycles. The maximum atomic E-state index is 12.5. The van der Waals surface area contributed by atoms with Crippen molar-refractivity contribution < 1.29 is 19.6 Å². The van der Waals surface area contributed by atoms with Crippen molar-refractivity contribution in [1.82, 2.24) is 0 Å². The molecule has 1 aromatic carbocycles. The van der Waals surface area contributed by atoms with E-state index in [1.165, 1.54) is 12.1 Å². The molecule has 1 unspecified atom stereocenters. The summed E-state index contributed by atoms with van der Waals surface area (Å²) in [4.78, 5) is 23.6. The van der Waals surface area contributed by atoms with Crippen LogP contribution in [0.25, 0.3) is 11.1 Å². The Morgan fingerprint density at radius 3 is 2.40 bits per heavy atom. The second-order valence-electron chi connectivity index (χ2n) is 9.12. The number of nitro benzene ring substituents is 1. The third kappa shape index (κ3) is 4.42. The van der Waals surface area contributed by atoms with Crippen LogP contribution in [0, 0.1) is 24.0 Å². The normalized spacial score (nSPS) is 12.3. The van der Waals surface area contributed by atoms with Gasteiger partial charge < -0.3 is 14.6 Å². The van der Waals surface area contributed by atoms with Crippen LogP contribution in [0.2, 0.25) is 0 Å². The van der Waals surface area contributed by atoms with Crippen LogP contribution >= 0.6 is 0 Å². The zero-order valence-corrected chi connectivity index (χ0v) is 20.0. The minimum atomic E-state index is -0.825. The standard InChI is InChI=1S/C28H27NO6/c1-15(2)18-9-8-16(3)25-22(12-18)17(4)10-23(25)26(19-6-5-7-20(11-19)29(33)34)28-27(32)24(31)13-21(14-30)35-28/h5-13,15,26,30,32H,14H2,1-4H3. The maximum absolute atomic E-state index is 12.5. The number of benzene rings is 1. The molecule has 180 valence electrons. The minimum Gasteiger partial charge on any atom is -0.502 e. The predicted octanol–water partition coefficient (Wildman–Crippen LogP) is 5.77. The van der Waals surface area contributed by atoms with Crippen LogP contribution in [-0.4, -0.2) is 15.1 Å². The van der Waals surface area contributed by atoms with Crippen molar-refractivity contribution in [3.8, 4) is 16.9 Å². The van der Waals surface area contributed by atoms with Gasteiger partial charge in [0.25, 0.3) is 5.69 Å². The fourth-order valence-corrected chi connectivity index (χ4v) is 4.59. The number of aliphatic hydroxyl groups is 1. The molecule has 0 amide bonds. The Morgan fingerprint density at radius 1 is 1.00 bits per heavy atom. The van der Waals surface area contributed by atoms with E-state index in [9.17, 15) is 25.1 Å². The highest BCUT2D eigenvalue weighted by molar-refractivity contribution is 5.80. The Labute approximate surface area is 202 Å². The van der Waals surface area contributed by atoms with Crippen LogP contribution in [0.5, 0.6) is 5.75 Å². The van der Waals surface area contributed by atoms with Gasteiger partial charge >= 0.3 is 0 Å². The molecule has 0 fully saturated rings. The van der Waals surface area contributed by atoms with Crippen LogP contribution < -0.4 is 5.43 Å². The lowest BCUT2D eigenvalue weighted by molar-refractivity contribution is -0.384. The van der Waals surface area contributed by atoms with Gasteiger partial charge in [0.05, 0.1) is 10.8 Å². The molecule has 1 aromatic heterocycles. The van der Waals surface area contributed by atoms with Gasteiger partial charge in [0.1, 0.15) is 12.4 Å². The molecule has 2 N–H and O–H groups in total. The van der Waals surface area contributed by atoms with Crippen molar-refractivity contribution in [3.05, 3.63) is 114 Å². The van der Waals surface area contributed by atoms with E-state index in [1.807, 2.05) is 26.0 Å². The summed E-state index contributed by atoms with van der Waals surface area (Å²) in [5.74, 6) is -1.18. The molecule has 0 saturated heterocycles. The quantitative estimate of drug-likeness (QED) is 0.271. The number of rotatable bonds is 6. The Morgan fingerprint density at radius 2 is 1.74 bits per heavy atom. The van der Waals surface area contributed by atoms with Crippen LogP contribution in [0.4, 0.5) is 5.69 Å². The highest BCUT2D eigenvalue weighted by Gasteiger charge is 2.31. The molecule has 2 aliphatic rings. The first-order valence-corrected chi connectivity index (χ1v) is 11.4. The monoisotopic (exact) mass is 473 g/mol. The van der Waals surface area contributed by atoms with E-state index in [4.69, 9.17) is 4.42 Å². The molecule has 35 heavy (non-hydrogen) atoms. The highest BCUT2D eigenvalue weighted by atomic mass is 16.6. The number of non-ortho nitro benzene ring substituents is 1. The summed E-state index contributed by atoms with van der Waals surface area (Å²) in [5, 5.41) is 32.0. The Hall–Kier alpha value is -3.97. The fourth-order valence-electron chi connectivity index (χ4n) is 4.59. The van der Waals surface area contributed by atoms with Crippen molar-refractivity contribution in [2.75, 3.05) is 0 Å². The summed E-state index contributed by atoms with van der Waals surface area (Å²) in [6.07, 6.45) is 0. The average molecular weight is 474 g/mol. The van der Waals surface area contributed by atoms with Gasteiger partial charge in [-0.3, -0.25) is 14.9 Å².